The molecular weight excluding hydrogens is 540 g/mol. The molecule has 0 bridgehead atoms. The number of carbonyl (C=O) groups excluding carboxylic acids is 4. The molecular formula is C32H40N2O8. The Morgan fingerprint density at radius 3 is 1.40 bits per heavy atom. The first-order valence-corrected chi connectivity index (χ1v) is 14.5. The van der Waals surface area contributed by atoms with Gasteiger partial charge in [0.2, 0.25) is 0 Å². The zero-order chi connectivity index (χ0) is 29.9. The van der Waals surface area contributed by atoms with E-state index < -0.39 is 36.2 Å². The van der Waals surface area contributed by atoms with Gasteiger partial charge in [-0.2, -0.15) is 0 Å². The van der Waals surface area contributed by atoms with Crippen molar-refractivity contribution in [2.75, 3.05) is 27.3 Å². The van der Waals surface area contributed by atoms with Crippen LogP contribution in [0.15, 0.2) is 60.7 Å². The summed E-state index contributed by atoms with van der Waals surface area (Å²) < 4.78 is 22.0. The zero-order valence-electron chi connectivity index (χ0n) is 24.3. The van der Waals surface area contributed by atoms with Crippen LogP contribution < -0.4 is 0 Å². The van der Waals surface area contributed by atoms with Crippen LogP contribution in [0.1, 0.15) is 49.7 Å². The van der Waals surface area contributed by atoms with Gasteiger partial charge < -0.3 is 28.7 Å². The lowest BCUT2D eigenvalue weighted by atomic mass is 10.1. The van der Waals surface area contributed by atoms with Crippen molar-refractivity contribution in [3.05, 3.63) is 71.8 Å². The largest absolute Gasteiger partial charge is 0.459 e. The van der Waals surface area contributed by atoms with Gasteiger partial charge >= 0.3 is 11.9 Å². The smallest absolute Gasteiger partial charge is 0.329 e. The minimum atomic E-state index is -0.858. The van der Waals surface area contributed by atoms with E-state index in [4.69, 9.17) is 18.9 Å². The van der Waals surface area contributed by atoms with Crippen LogP contribution in [0.25, 0.3) is 0 Å². The molecule has 10 heteroatoms. The molecule has 0 aliphatic carbocycles. The minimum Gasteiger partial charge on any atom is -0.459 e. The van der Waals surface area contributed by atoms with Gasteiger partial charge in [-0.15, -0.1) is 0 Å². The van der Waals surface area contributed by atoms with Crippen LogP contribution in [0.2, 0.25) is 0 Å². The van der Waals surface area contributed by atoms with Crippen LogP contribution in [0.4, 0.5) is 0 Å². The molecule has 0 spiro atoms. The molecule has 0 N–H and O–H groups in total. The van der Waals surface area contributed by atoms with Crippen LogP contribution in [0, 0.1) is 0 Å². The van der Waals surface area contributed by atoms with Crippen molar-refractivity contribution in [1.29, 1.82) is 0 Å². The normalized spacial score (nSPS) is 19.8. The summed E-state index contributed by atoms with van der Waals surface area (Å²) >= 11 is 0. The predicted octanol–water partition coefficient (Wildman–Crippen LogP) is 3.27. The van der Waals surface area contributed by atoms with Gasteiger partial charge in [-0.25, -0.2) is 9.59 Å². The third kappa shape index (κ3) is 7.95. The van der Waals surface area contributed by atoms with Gasteiger partial charge in [0.05, 0.1) is 0 Å². The molecule has 4 rings (SSSR count). The molecule has 0 unspecified atom stereocenters. The van der Waals surface area contributed by atoms with Crippen molar-refractivity contribution in [2.24, 2.45) is 0 Å². The first-order chi connectivity index (χ1) is 20.4. The third-order valence-electron chi connectivity index (χ3n) is 7.87. The highest BCUT2D eigenvalue weighted by molar-refractivity contribution is 5.89. The highest BCUT2D eigenvalue weighted by Crippen LogP contribution is 2.25. The number of rotatable bonds is 13. The fourth-order valence-electron chi connectivity index (χ4n) is 5.56. The molecule has 2 saturated heterocycles. The zero-order valence-corrected chi connectivity index (χ0v) is 24.3. The number of hydrogen-bond donors (Lipinski definition) is 0. The maximum Gasteiger partial charge on any atom is 0.329 e. The topological polar surface area (TPSA) is 112 Å². The summed E-state index contributed by atoms with van der Waals surface area (Å²) in [5.41, 5.74) is 1.74. The monoisotopic (exact) mass is 580 g/mol. The second kappa shape index (κ2) is 15.5. The van der Waals surface area contributed by atoms with Gasteiger partial charge in [0.15, 0.2) is 0 Å². The average Bonchev–Trinajstić information content (AvgIpc) is 3.72. The molecule has 2 aromatic carbocycles. The first-order valence-electron chi connectivity index (χ1n) is 14.5. The van der Waals surface area contributed by atoms with E-state index in [1.807, 2.05) is 60.7 Å². The molecule has 0 radical (unpaired) electrons. The van der Waals surface area contributed by atoms with Crippen molar-refractivity contribution >= 4 is 23.8 Å². The van der Waals surface area contributed by atoms with Gasteiger partial charge in [-0.05, 0) is 49.7 Å². The molecule has 2 fully saturated rings. The molecule has 2 aromatic rings. The fraction of sp³-hybridized carbons (Fsp3) is 0.500. The van der Waals surface area contributed by atoms with Gasteiger partial charge in [0, 0.05) is 27.3 Å². The number of likely N-dealkylation sites (tertiary alicyclic amines) is 2. The molecule has 4 atom stereocenters. The van der Waals surface area contributed by atoms with Crippen LogP contribution in [-0.4, -0.2) is 85.2 Å². The van der Waals surface area contributed by atoms with E-state index in [1.165, 1.54) is 24.0 Å². The van der Waals surface area contributed by atoms with Crippen molar-refractivity contribution in [2.45, 2.75) is 76.0 Å². The van der Waals surface area contributed by atoms with Crippen LogP contribution in [-0.2, 0) is 51.3 Å². The van der Waals surface area contributed by atoms with Crippen molar-refractivity contribution in [3.63, 3.8) is 0 Å². The molecule has 2 heterocycles. The van der Waals surface area contributed by atoms with Gasteiger partial charge in [0.1, 0.15) is 37.5 Å². The highest BCUT2D eigenvalue weighted by atomic mass is 16.5. The number of nitrogens with zero attached hydrogens (tertiary/aromatic N) is 2. The van der Waals surface area contributed by atoms with E-state index in [2.05, 4.69) is 0 Å². The number of ether oxygens (including phenoxy) is 4. The molecule has 2 amide bonds. The third-order valence-corrected chi connectivity index (χ3v) is 7.87. The number of amides is 2. The summed E-state index contributed by atoms with van der Waals surface area (Å²) in [7, 11) is 2.87. The molecule has 2 aliphatic heterocycles. The Bertz CT molecular complexity index is 1100. The van der Waals surface area contributed by atoms with Gasteiger partial charge in [-0.3, -0.25) is 9.59 Å². The Hall–Kier alpha value is -3.76. The number of benzene rings is 2. The highest BCUT2D eigenvalue weighted by Gasteiger charge is 2.41. The summed E-state index contributed by atoms with van der Waals surface area (Å²) in [4.78, 5) is 55.6. The number of methoxy groups -OCH3 is 2. The first kappa shape index (κ1) is 31.2. The lowest BCUT2D eigenvalue weighted by Gasteiger charge is -2.29. The summed E-state index contributed by atoms with van der Waals surface area (Å²) in [5.74, 6) is -1.52. The van der Waals surface area contributed by atoms with Gasteiger partial charge in [0.25, 0.3) is 11.8 Å². The van der Waals surface area contributed by atoms with Crippen molar-refractivity contribution < 1.29 is 38.1 Å². The van der Waals surface area contributed by atoms with E-state index in [0.29, 0.717) is 38.8 Å². The lowest BCUT2D eigenvalue weighted by Crippen LogP contribution is -2.48. The summed E-state index contributed by atoms with van der Waals surface area (Å²) in [5, 5.41) is 0. The molecule has 10 nitrogen and oxygen atoms in total. The van der Waals surface area contributed by atoms with Crippen LogP contribution in [0.5, 0.6) is 0 Å². The Kier molecular flexibility index (Phi) is 11.5. The van der Waals surface area contributed by atoms with E-state index >= 15 is 0 Å². The molecule has 226 valence electrons. The Labute approximate surface area is 246 Å². The van der Waals surface area contributed by atoms with Crippen LogP contribution >= 0.6 is 0 Å². The van der Waals surface area contributed by atoms with E-state index in [-0.39, 0.29) is 37.9 Å². The second-order valence-corrected chi connectivity index (χ2v) is 10.6. The molecule has 2 aliphatic rings. The van der Waals surface area contributed by atoms with E-state index in [0.717, 1.165) is 11.1 Å². The van der Waals surface area contributed by atoms with E-state index in [9.17, 15) is 19.2 Å². The SMILES string of the molecule is CO[C@@H](CC[C@@H](OC)C(=O)N1CCC[C@@H]1C(=O)OCc1ccccc1)C(=O)N1CCC[C@@H]1C(=O)OCc1ccccc1. The number of hydrogen-bond acceptors (Lipinski definition) is 8. The quantitative estimate of drug-likeness (QED) is 0.332. The molecule has 0 saturated carbocycles. The maximum absolute atomic E-state index is 13.4. The Morgan fingerprint density at radius 1 is 0.667 bits per heavy atom. The summed E-state index contributed by atoms with van der Waals surface area (Å²) in [6, 6.07) is 17.4. The number of esters is 2. The van der Waals surface area contributed by atoms with E-state index in [1.54, 1.807) is 0 Å². The Morgan fingerprint density at radius 2 is 1.05 bits per heavy atom. The number of carbonyl (C=O) groups is 4. The molecule has 42 heavy (non-hydrogen) atoms. The van der Waals surface area contributed by atoms with Crippen molar-refractivity contribution in [1.82, 2.24) is 9.80 Å². The minimum absolute atomic E-state index is 0.140. The average molecular weight is 581 g/mol. The Balaban J connectivity index is 1.30. The summed E-state index contributed by atoms with van der Waals surface area (Å²) in [6.07, 6.45) is 1.10. The second-order valence-electron chi connectivity index (χ2n) is 10.6. The predicted molar refractivity (Wildman–Crippen MR) is 153 cm³/mol. The van der Waals surface area contributed by atoms with Crippen LogP contribution in [0.3, 0.4) is 0 Å². The van der Waals surface area contributed by atoms with Crippen molar-refractivity contribution in [3.8, 4) is 0 Å². The molecule has 0 aromatic heterocycles. The lowest BCUT2D eigenvalue weighted by molar-refractivity contribution is -0.159. The summed E-state index contributed by atoms with van der Waals surface area (Å²) in [6.45, 7) is 1.13. The standard InChI is InChI=1S/C32H40N2O8/c1-39-27(29(35)33-19-9-15-25(33)31(37)41-21-23-11-5-3-6-12-23)17-18-28(40-2)30(36)34-20-10-16-26(34)32(38)42-22-24-13-7-4-8-14-24/h3-8,11-14,25-28H,9-10,15-22H2,1-2H3/t25-,26-,27-,28+/m1/s1. The fourth-order valence-corrected chi connectivity index (χ4v) is 5.56. The van der Waals surface area contributed by atoms with Gasteiger partial charge in [-0.1, -0.05) is 60.7 Å². The maximum atomic E-state index is 13.4.